The molecule has 0 spiro atoms. The number of alkyl halides is 2. The maximum Gasteiger partial charge on any atom is 0.387 e. The normalized spacial score (nSPS) is 15.9. The third kappa shape index (κ3) is 5.74. The Morgan fingerprint density at radius 1 is 1.33 bits per heavy atom. The lowest BCUT2D eigenvalue weighted by Gasteiger charge is -2.13. The Morgan fingerprint density at radius 2 is 1.96 bits per heavy atom. The fourth-order valence-corrected chi connectivity index (χ4v) is 4.04. The number of carbonyl (C=O) groups excluding carboxylic acids is 1. The molecule has 1 saturated heterocycles. The van der Waals surface area contributed by atoms with Gasteiger partial charge >= 0.3 is 12.6 Å². The van der Waals surface area contributed by atoms with Crippen molar-refractivity contribution in [2.45, 2.75) is 39.7 Å². The Morgan fingerprint density at radius 3 is 2.52 bits per heavy atom. The van der Waals surface area contributed by atoms with E-state index in [9.17, 15) is 18.4 Å². The van der Waals surface area contributed by atoms with Gasteiger partial charge in [0.1, 0.15) is 10.1 Å². The number of nitrogens with zero attached hydrogens (tertiary/aromatic N) is 1. The smallest absolute Gasteiger partial charge is 0.387 e. The first-order chi connectivity index (χ1) is 12.7. The zero-order valence-corrected chi connectivity index (χ0v) is 16.5. The standard InChI is InChI=1S/C18H19F2NO4S2/c1-10-7-12(8-11(2)15(10)25-17(19)20)9-13-16(24)21(18(26)27-13)6-4-3-5-14(22)23/h7-9,17H,3-6H2,1-2H3,(H,22,23)/b13-9-. The number of aryl methyl sites for hydroxylation is 2. The molecule has 0 atom stereocenters. The average Bonchev–Trinajstić information content (AvgIpc) is 2.81. The largest absolute Gasteiger partial charge is 0.481 e. The molecule has 146 valence electrons. The monoisotopic (exact) mass is 415 g/mol. The van der Waals surface area contributed by atoms with E-state index in [2.05, 4.69) is 4.74 Å². The summed E-state index contributed by atoms with van der Waals surface area (Å²) in [5, 5.41) is 8.66. The number of ether oxygens (including phenoxy) is 1. The minimum absolute atomic E-state index is 0.0518. The van der Waals surface area contributed by atoms with Gasteiger partial charge in [0.2, 0.25) is 0 Å². The van der Waals surface area contributed by atoms with Crippen molar-refractivity contribution < 1.29 is 28.2 Å². The molecular formula is C18H19F2NO4S2. The number of rotatable bonds is 8. The molecule has 1 aromatic carbocycles. The van der Waals surface area contributed by atoms with Crippen LogP contribution >= 0.6 is 24.0 Å². The zero-order valence-electron chi connectivity index (χ0n) is 14.8. The minimum Gasteiger partial charge on any atom is -0.481 e. The van der Waals surface area contributed by atoms with Gasteiger partial charge in [-0.25, -0.2) is 0 Å². The molecule has 0 saturated carbocycles. The third-order valence-corrected chi connectivity index (χ3v) is 5.26. The van der Waals surface area contributed by atoms with Crippen LogP contribution in [-0.2, 0) is 9.59 Å². The van der Waals surface area contributed by atoms with E-state index in [4.69, 9.17) is 17.3 Å². The number of carbonyl (C=O) groups is 2. The predicted octanol–water partition coefficient (Wildman–Crippen LogP) is 4.36. The fraction of sp³-hybridized carbons (Fsp3) is 0.389. The molecule has 0 bridgehead atoms. The van der Waals surface area contributed by atoms with Gasteiger partial charge in [0.25, 0.3) is 5.91 Å². The minimum atomic E-state index is -2.90. The first kappa shape index (κ1) is 21.3. The number of thiocarbonyl (C=S) groups is 1. The molecule has 1 aromatic rings. The summed E-state index contributed by atoms with van der Waals surface area (Å²) in [6, 6.07) is 3.34. The lowest BCUT2D eigenvalue weighted by molar-refractivity contribution is -0.137. The van der Waals surface area contributed by atoms with E-state index < -0.39 is 12.6 Å². The molecule has 0 aromatic heterocycles. The molecule has 5 nitrogen and oxygen atoms in total. The Balaban J connectivity index is 2.12. The summed E-state index contributed by atoms with van der Waals surface area (Å²) < 4.78 is 29.9. The molecule has 0 aliphatic carbocycles. The number of amides is 1. The first-order valence-corrected chi connectivity index (χ1v) is 9.44. The predicted molar refractivity (Wildman–Crippen MR) is 104 cm³/mol. The van der Waals surface area contributed by atoms with E-state index in [1.165, 1.54) is 16.7 Å². The summed E-state index contributed by atoms with van der Waals surface area (Å²) in [5.41, 5.74) is 1.79. The maximum absolute atomic E-state index is 12.5. The van der Waals surface area contributed by atoms with Gasteiger partial charge in [0.05, 0.1) is 4.91 Å². The van der Waals surface area contributed by atoms with E-state index in [1.54, 1.807) is 32.1 Å². The zero-order chi connectivity index (χ0) is 20.1. The van der Waals surface area contributed by atoms with Crippen LogP contribution in [0.5, 0.6) is 5.75 Å². The summed E-state index contributed by atoms with van der Waals surface area (Å²) in [6.07, 6.45) is 2.73. The van der Waals surface area contributed by atoms with Gasteiger partial charge in [0, 0.05) is 13.0 Å². The molecule has 27 heavy (non-hydrogen) atoms. The third-order valence-electron chi connectivity index (χ3n) is 3.88. The number of carboxylic acids is 1. The van der Waals surface area contributed by atoms with Crippen LogP contribution in [-0.4, -0.2) is 39.4 Å². The number of carboxylic acid groups (broad SMARTS) is 1. The van der Waals surface area contributed by atoms with Crippen molar-refractivity contribution in [3.05, 3.63) is 33.7 Å². The van der Waals surface area contributed by atoms with Crippen molar-refractivity contribution in [1.29, 1.82) is 0 Å². The number of thioether (sulfide) groups is 1. The number of benzene rings is 1. The SMILES string of the molecule is Cc1cc(/C=C2\SC(=S)N(CCCCC(=O)O)C2=O)cc(C)c1OC(F)F. The van der Waals surface area contributed by atoms with Gasteiger partial charge < -0.3 is 9.84 Å². The lowest BCUT2D eigenvalue weighted by Crippen LogP contribution is -2.29. The number of halogens is 2. The molecular weight excluding hydrogens is 396 g/mol. The lowest BCUT2D eigenvalue weighted by atomic mass is 10.1. The number of unbranched alkanes of at least 4 members (excludes halogenated alkanes) is 1. The Kier molecular flexibility index (Phi) is 7.32. The van der Waals surface area contributed by atoms with Gasteiger partial charge in [-0.05, 0) is 61.6 Å². The summed E-state index contributed by atoms with van der Waals surface area (Å²) >= 11 is 6.41. The summed E-state index contributed by atoms with van der Waals surface area (Å²) in [4.78, 5) is 25.0. The molecule has 0 radical (unpaired) electrons. The van der Waals surface area contributed by atoms with E-state index in [0.29, 0.717) is 45.3 Å². The Bertz CT molecular complexity index is 773. The number of hydrogen-bond acceptors (Lipinski definition) is 5. The van der Waals surface area contributed by atoms with Crippen molar-refractivity contribution in [3.63, 3.8) is 0 Å². The van der Waals surface area contributed by atoms with Gasteiger partial charge in [-0.1, -0.05) is 24.0 Å². The van der Waals surface area contributed by atoms with Crippen LogP contribution in [0.3, 0.4) is 0 Å². The molecule has 1 amide bonds. The molecule has 0 unspecified atom stereocenters. The molecule has 1 fully saturated rings. The molecule has 1 aliphatic heterocycles. The quantitative estimate of drug-likeness (QED) is 0.387. The maximum atomic E-state index is 12.5. The van der Waals surface area contributed by atoms with Gasteiger partial charge in [-0.3, -0.25) is 14.5 Å². The highest BCUT2D eigenvalue weighted by atomic mass is 32.2. The Hall–Kier alpha value is -2.00. The molecule has 9 heteroatoms. The van der Waals surface area contributed by atoms with Gasteiger partial charge in [-0.15, -0.1) is 0 Å². The van der Waals surface area contributed by atoms with Crippen LogP contribution in [0.1, 0.15) is 36.0 Å². The van der Waals surface area contributed by atoms with Crippen molar-refractivity contribution in [2.75, 3.05) is 6.54 Å². The number of hydrogen-bond donors (Lipinski definition) is 1. The summed E-state index contributed by atoms with van der Waals surface area (Å²) in [6.45, 7) is 0.797. The summed E-state index contributed by atoms with van der Waals surface area (Å²) in [5.74, 6) is -0.970. The van der Waals surface area contributed by atoms with E-state index >= 15 is 0 Å². The van der Waals surface area contributed by atoms with Crippen LogP contribution in [0.15, 0.2) is 17.0 Å². The van der Waals surface area contributed by atoms with Crippen molar-refractivity contribution in [1.82, 2.24) is 4.90 Å². The average molecular weight is 415 g/mol. The van der Waals surface area contributed by atoms with Crippen molar-refractivity contribution >= 4 is 46.3 Å². The van der Waals surface area contributed by atoms with Crippen LogP contribution in [0, 0.1) is 13.8 Å². The highest BCUT2D eigenvalue weighted by Gasteiger charge is 2.31. The van der Waals surface area contributed by atoms with Crippen molar-refractivity contribution in [3.8, 4) is 5.75 Å². The second-order valence-electron chi connectivity index (χ2n) is 6.05. The number of aliphatic carboxylic acids is 1. The van der Waals surface area contributed by atoms with Crippen LogP contribution in [0.2, 0.25) is 0 Å². The van der Waals surface area contributed by atoms with E-state index in [0.717, 1.165) is 0 Å². The van der Waals surface area contributed by atoms with Crippen LogP contribution in [0.25, 0.3) is 6.08 Å². The van der Waals surface area contributed by atoms with E-state index in [1.807, 2.05) is 0 Å². The highest BCUT2D eigenvalue weighted by Crippen LogP contribution is 2.34. The Labute approximate surface area is 165 Å². The molecule has 1 N–H and O–H groups in total. The fourth-order valence-electron chi connectivity index (χ4n) is 2.73. The molecule has 1 aliphatic rings. The van der Waals surface area contributed by atoms with Gasteiger partial charge in [-0.2, -0.15) is 8.78 Å². The summed E-state index contributed by atoms with van der Waals surface area (Å²) in [7, 11) is 0. The first-order valence-electron chi connectivity index (χ1n) is 8.22. The van der Waals surface area contributed by atoms with E-state index in [-0.39, 0.29) is 18.1 Å². The topological polar surface area (TPSA) is 66.8 Å². The second-order valence-corrected chi connectivity index (χ2v) is 7.72. The van der Waals surface area contributed by atoms with Gasteiger partial charge in [0.15, 0.2) is 0 Å². The molecule has 1 heterocycles. The second kappa shape index (κ2) is 9.27. The van der Waals surface area contributed by atoms with Crippen molar-refractivity contribution in [2.24, 2.45) is 0 Å². The van der Waals surface area contributed by atoms with Crippen LogP contribution in [0.4, 0.5) is 8.78 Å². The van der Waals surface area contributed by atoms with Crippen LogP contribution < -0.4 is 4.74 Å². The highest BCUT2D eigenvalue weighted by molar-refractivity contribution is 8.26. The molecule has 2 rings (SSSR count).